The van der Waals surface area contributed by atoms with Gasteiger partial charge in [-0.3, -0.25) is 9.59 Å². The van der Waals surface area contributed by atoms with Crippen molar-refractivity contribution in [3.05, 3.63) is 59.6 Å². The standard InChI is InChI=1S/C21H21N3O2S/c1-14(20-22-17-10-6-7-11-18(17)27-20)23(2)21(26)15-12-19(25)24(13-15)16-8-4-3-5-9-16/h3-11,14-15H,12-13H2,1-2H3/t14-,15+/m0/s1. The molecule has 1 aliphatic rings. The zero-order chi connectivity index (χ0) is 19.0. The van der Waals surface area contributed by atoms with E-state index in [9.17, 15) is 9.59 Å². The molecule has 1 fully saturated rings. The normalized spacial score (nSPS) is 18.1. The Morgan fingerprint density at radius 2 is 1.89 bits per heavy atom. The van der Waals surface area contributed by atoms with Gasteiger partial charge in [0.05, 0.1) is 22.2 Å². The quantitative estimate of drug-likeness (QED) is 0.691. The zero-order valence-corrected chi connectivity index (χ0v) is 16.1. The van der Waals surface area contributed by atoms with E-state index in [1.807, 2.05) is 61.5 Å². The molecule has 0 aliphatic carbocycles. The van der Waals surface area contributed by atoms with Gasteiger partial charge in [-0.25, -0.2) is 4.98 Å². The van der Waals surface area contributed by atoms with Gasteiger partial charge in [-0.05, 0) is 31.2 Å². The van der Waals surface area contributed by atoms with Crippen LogP contribution in [0.15, 0.2) is 54.6 Å². The molecule has 1 aromatic heterocycles. The molecule has 1 saturated heterocycles. The highest BCUT2D eigenvalue weighted by Crippen LogP contribution is 2.31. The number of amides is 2. The first-order valence-electron chi connectivity index (χ1n) is 9.02. The van der Waals surface area contributed by atoms with Gasteiger partial charge >= 0.3 is 0 Å². The maximum atomic E-state index is 13.0. The van der Waals surface area contributed by atoms with Crippen LogP contribution in [0.4, 0.5) is 5.69 Å². The van der Waals surface area contributed by atoms with Gasteiger partial charge in [0.15, 0.2) is 0 Å². The van der Waals surface area contributed by atoms with E-state index in [1.165, 1.54) is 0 Å². The summed E-state index contributed by atoms with van der Waals surface area (Å²) in [7, 11) is 1.80. The first kappa shape index (κ1) is 17.7. The Kier molecular flexibility index (Phi) is 4.66. The maximum Gasteiger partial charge on any atom is 0.228 e. The van der Waals surface area contributed by atoms with Crippen molar-refractivity contribution < 1.29 is 9.59 Å². The fraction of sp³-hybridized carbons (Fsp3) is 0.286. The number of hydrogen-bond donors (Lipinski definition) is 0. The van der Waals surface area contributed by atoms with E-state index in [-0.39, 0.29) is 30.2 Å². The summed E-state index contributed by atoms with van der Waals surface area (Å²) in [5, 5.41) is 0.913. The molecule has 4 rings (SSSR count). The molecule has 2 aromatic carbocycles. The second-order valence-electron chi connectivity index (χ2n) is 6.89. The molecule has 27 heavy (non-hydrogen) atoms. The lowest BCUT2D eigenvalue weighted by molar-refractivity contribution is -0.136. The van der Waals surface area contributed by atoms with Gasteiger partial charge in [-0.15, -0.1) is 11.3 Å². The number of benzene rings is 2. The van der Waals surface area contributed by atoms with E-state index in [1.54, 1.807) is 28.2 Å². The van der Waals surface area contributed by atoms with Crippen molar-refractivity contribution in [1.82, 2.24) is 9.88 Å². The van der Waals surface area contributed by atoms with E-state index in [0.29, 0.717) is 6.54 Å². The van der Waals surface area contributed by atoms with Crippen molar-refractivity contribution in [1.29, 1.82) is 0 Å². The Morgan fingerprint density at radius 1 is 1.19 bits per heavy atom. The number of para-hydroxylation sites is 2. The minimum Gasteiger partial charge on any atom is -0.336 e. The van der Waals surface area contributed by atoms with Crippen LogP contribution in [0.2, 0.25) is 0 Å². The molecule has 3 aromatic rings. The van der Waals surface area contributed by atoms with Crippen molar-refractivity contribution in [3.63, 3.8) is 0 Å². The fourth-order valence-electron chi connectivity index (χ4n) is 3.44. The van der Waals surface area contributed by atoms with Gasteiger partial charge in [-0.1, -0.05) is 30.3 Å². The van der Waals surface area contributed by atoms with Crippen molar-refractivity contribution in [2.24, 2.45) is 5.92 Å². The van der Waals surface area contributed by atoms with Gasteiger partial charge in [0, 0.05) is 25.7 Å². The van der Waals surface area contributed by atoms with Crippen LogP contribution in [0.3, 0.4) is 0 Å². The molecule has 1 aliphatic heterocycles. The van der Waals surface area contributed by atoms with E-state index >= 15 is 0 Å². The summed E-state index contributed by atoms with van der Waals surface area (Å²) in [5.74, 6) is -0.325. The lowest BCUT2D eigenvalue weighted by Crippen LogP contribution is -2.36. The van der Waals surface area contributed by atoms with Crippen LogP contribution in [-0.4, -0.2) is 35.3 Å². The molecule has 6 heteroatoms. The SMILES string of the molecule is C[C@@H](c1nc2ccccc2s1)N(C)C(=O)[C@@H]1CC(=O)N(c2ccccc2)C1. The molecule has 0 unspecified atom stereocenters. The molecule has 0 spiro atoms. The van der Waals surface area contributed by atoms with Gasteiger partial charge in [0.25, 0.3) is 0 Å². The van der Waals surface area contributed by atoms with Crippen molar-refractivity contribution in [2.45, 2.75) is 19.4 Å². The molecule has 5 nitrogen and oxygen atoms in total. The Bertz CT molecular complexity index is 952. The molecular weight excluding hydrogens is 358 g/mol. The number of carbonyl (C=O) groups excluding carboxylic acids is 2. The molecular formula is C21H21N3O2S. The summed E-state index contributed by atoms with van der Waals surface area (Å²) in [6.07, 6.45) is 0.255. The largest absolute Gasteiger partial charge is 0.336 e. The predicted octanol–water partition coefficient (Wildman–Crippen LogP) is 3.87. The summed E-state index contributed by atoms with van der Waals surface area (Å²) < 4.78 is 1.12. The minimum absolute atomic E-state index is 0.000546. The maximum absolute atomic E-state index is 13.0. The first-order chi connectivity index (χ1) is 13.0. The van der Waals surface area contributed by atoms with Gasteiger partial charge in [-0.2, -0.15) is 0 Å². The average molecular weight is 379 g/mol. The van der Waals surface area contributed by atoms with E-state index < -0.39 is 0 Å². The number of aromatic nitrogens is 1. The Labute approximate surface area is 162 Å². The van der Waals surface area contributed by atoms with Crippen LogP contribution in [0.25, 0.3) is 10.2 Å². The minimum atomic E-state index is -0.320. The second-order valence-corrected chi connectivity index (χ2v) is 7.95. The third-order valence-corrected chi connectivity index (χ3v) is 6.35. The first-order valence-corrected chi connectivity index (χ1v) is 9.84. The molecule has 0 bridgehead atoms. The number of rotatable bonds is 4. The Hall–Kier alpha value is -2.73. The monoisotopic (exact) mass is 379 g/mol. The Balaban J connectivity index is 1.49. The number of anilines is 1. The molecule has 0 radical (unpaired) electrons. The number of nitrogens with zero attached hydrogens (tertiary/aromatic N) is 3. The van der Waals surface area contributed by atoms with Crippen LogP contribution in [-0.2, 0) is 9.59 Å². The Morgan fingerprint density at radius 3 is 2.63 bits per heavy atom. The van der Waals surface area contributed by atoms with Crippen molar-refractivity contribution >= 4 is 39.1 Å². The topological polar surface area (TPSA) is 53.5 Å². The van der Waals surface area contributed by atoms with Crippen LogP contribution >= 0.6 is 11.3 Å². The lowest BCUT2D eigenvalue weighted by Gasteiger charge is -2.26. The zero-order valence-electron chi connectivity index (χ0n) is 15.3. The van der Waals surface area contributed by atoms with Gasteiger partial charge < -0.3 is 9.80 Å². The van der Waals surface area contributed by atoms with E-state index in [0.717, 1.165) is 20.9 Å². The second kappa shape index (κ2) is 7.12. The molecule has 0 N–H and O–H groups in total. The van der Waals surface area contributed by atoms with Crippen LogP contribution < -0.4 is 4.90 Å². The van der Waals surface area contributed by atoms with Gasteiger partial charge in [0.1, 0.15) is 5.01 Å². The lowest BCUT2D eigenvalue weighted by atomic mass is 10.1. The highest BCUT2D eigenvalue weighted by atomic mass is 32.1. The highest BCUT2D eigenvalue weighted by Gasteiger charge is 2.37. The van der Waals surface area contributed by atoms with E-state index in [4.69, 9.17) is 0 Å². The third kappa shape index (κ3) is 3.32. The summed E-state index contributed by atoms with van der Waals surface area (Å²) in [4.78, 5) is 33.5. The summed E-state index contributed by atoms with van der Waals surface area (Å²) in [5.41, 5.74) is 1.80. The third-order valence-electron chi connectivity index (χ3n) is 5.14. The molecule has 138 valence electrons. The van der Waals surface area contributed by atoms with E-state index in [2.05, 4.69) is 4.98 Å². The number of fused-ring (bicyclic) bond motifs is 1. The van der Waals surface area contributed by atoms with Crippen LogP contribution in [0.1, 0.15) is 24.4 Å². The molecule has 2 heterocycles. The fourth-order valence-corrected chi connectivity index (χ4v) is 4.51. The average Bonchev–Trinajstić information content (AvgIpc) is 3.30. The van der Waals surface area contributed by atoms with Crippen molar-refractivity contribution in [3.8, 4) is 0 Å². The summed E-state index contributed by atoms with van der Waals surface area (Å²) >= 11 is 1.61. The molecule has 2 atom stereocenters. The number of thiazole rings is 1. The van der Waals surface area contributed by atoms with Crippen LogP contribution in [0.5, 0.6) is 0 Å². The number of carbonyl (C=O) groups is 2. The molecule has 0 saturated carbocycles. The molecule has 2 amide bonds. The van der Waals surface area contributed by atoms with Crippen molar-refractivity contribution in [2.75, 3.05) is 18.5 Å². The summed E-state index contributed by atoms with van der Waals surface area (Å²) in [6.45, 7) is 2.42. The van der Waals surface area contributed by atoms with Crippen LogP contribution in [0, 0.1) is 5.92 Å². The number of hydrogen-bond acceptors (Lipinski definition) is 4. The smallest absolute Gasteiger partial charge is 0.228 e. The predicted molar refractivity (Wildman–Crippen MR) is 108 cm³/mol. The van der Waals surface area contributed by atoms with Gasteiger partial charge in [0.2, 0.25) is 11.8 Å². The summed E-state index contributed by atoms with van der Waals surface area (Å²) in [6, 6.07) is 17.4. The highest BCUT2D eigenvalue weighted by molar-refractivity contribution is 7.18.